The maximum absolute atomic E-state index is 13.2. The lowest BCUT2D eigenvalue weighted by Crippen LogP contribution is -2.09. The van der Waals surface area contributed by atoms with Crippen molar-refractivity contribution < 1.29 is 13.9 Å². The molecule has 0 radical (unpaired) electrons. The summed E-state index contributed by atoms with van der Waals surface area (Å²) >= 11 is 0. The fourth-order valence-electron chi connectivity index (χ4n) is 2.95. The minimum absolute atomic E-state index is 0.183. The number of nitrogens with two attached hydrogens (primary N) is 1. The van der Waals surface area contributed by atoms with E-state index in [4.69, 9.17) is 10.5 Å². The van der Waals surface area contributed by atoms with Crippen LogP contribution in [0.5, 0.6) is 0 Å². The van der Waals surface area contributed by atoms with Crippen molar-refractivity contribution in [3.05, 3.63) is 65.5 Å². The highest BCUT2D eigenvalue weighted by Crippen LogP contribution is 2.29. The number of methoxy groups -OCH3 is 1. The Morgan fingerprint density at radius 2 is 1.77 bits per heavy atom. The highest BCUT2D eigenvalue weighted by Gasteiger charge is 2.24. The van der Waals surface area contributed by atoms with Gasteiger partial charge in [-0.25, -0.2) is 19.2 Å². The molecule has 0 unspecified atom stereocenters. The zero-order valence-electron chi connectivity index (χ0n) is 13.9. The number of carbonyl (C=O) groups is 1. The summed E-state index contributed by atoms with van der Waals surface area (Å²) in [5.74, 6) is -0.679. The first-order valence-electron chi connectivity index (χ1n) is 7.95. The molecule has 0 spiro atoms. The second kappa shape index (κ2) is 6.11. The molecule has 7 heteroatoms. The number of nitrogen functional groups attached to an aromatic ring is 1. The van der Waals surface area contributed by atoms with E-state index in [0.29, 0.717) is 28.7 Å². The van der Waals surface area contributed by atoms with Gasteiger partial charge in [-0.3, -0.25) is 0 Å². The van der Waals surface area contributed by atoms with Crippen LogP contribution in [0.4, 0.5) is 10.2 Å². The molecule has 0 atom stereocenters. The summed E-state index contributed by atoms with van der Waals surface area (Å²) in [6, 6.07) is 13.4. The summed E-state index contributed by atoms with van der Waals surface area (Å²) < 4.78 is 19.7. The van der Waals surface area contributed by atoms with Gasteiger partial charge in [-0.2, -0.15) is 0 Å². The van der Waals surface area contributed by atoms with Gasteiger partial charge in [0.25, 0.3) is 0 Å². The number of hydrogen-bond acceptors (Lipinski definition) is 5. The van der Waals surface area contributed by atoms with Gasteiger partial charge in [-0.15, -0.1) is 0 Å². The Hall–Kier alpha value is -3.48. The molecule has 4 rings (SSSR count). The van der Waals surface area contributed by atoms with Crippen molar-refractivity contribution in [2.45, 2.75) is 6.54 Å². The van der Waals surface area contributed by atoms with Gasteiger partial charge in [0.1, 0.15) is 22.7 Å². The molecule has 0 bridgehead atoms. The first-order chi connectivity index (χ1) is 12.6. The second-order valence-electron chi connectivity index (χ2n) is 5.85. The Morgan fingerprint density at radius 1 is 1.12 bits per heavy atom. The molecule has 130 valence electrons. The van der Waals surface area contributed by atoms with Crippen molar-refractivity contribution in [2.75, 3.05) is 12.8 Å². The first-order valence-corrected chi connectivity index (χ1v) is 7.95. The molecule has 0 saturated heterocycles. The quantitative estimate of drug-likeness (QED) is 0.574. The van der Waals surface area contributed by atoms with Crippen LogP contribution in [0.2, 0.25) is 0 Å². The van der Waals surface area contributed by atoms with Crippen LogP contribution in [0.25, 0.3) is 22.2 Å². The van der Waals surface area contributed by atoms with Crippen LogP contribution >= 0.6 is 0 Å². The Labute approximate surface area is 148 Å². The number of ether oxygens (including phenoxy) is 1. The van der Waals surface area contributed by atoms with E-state index in [1.165, 1.54) is 19.2 Å². The molecule has 0 aliphatic heterocycles. The van der Waals surface area contributed by atoms with Crippen LogP contribution in [0.3, 0.4) is 0 Å². The largest absolute Gasteiger partial charge is 0.465 e. The van der Waals surface area contributed by atoms with Crippen molar-refractivity contribution in [1.82, 2.24) is 14.5 Å². The van der Waals surface area contributed by atoms with Crippen molar-refractivity contribution in [2.24, 2.45) is 0 Å². The fourth-order valence-corrected chi connectivity index (χ4v) is 2.95. The standard InChI is InChI=1S/C19H15FN4O2/c1-26-19(25)15-16-18(23-14-5-3-2-4-13(14)22-16)24(17(15)21)10-11-6-8-12(20)9-7-11/h2-9H,10,21H2,1H3. The molecule has 2 aromatic heterocycles. The van der Waals surface area contributed by atoms with Crippen molar-refractivity contribution in [1.29, 1.82) is 0 Å². The summed E-state index contributed by atoms with van der Waals surface area (Å²) in [5, 5.41) is 0. The van der Waals surface area contributed by atoms with E-state index in [0.717, 1.165) is 5.56 Å². The highest BCUT2D eigenvalue weighted by molar-refractivity contribution is 6.08. The summed E-state index contributed by atoms with van der Waals surface area (Å²) in [6.07, 6.45) is 0. The molecular weight excluding hydrogens is 335 g/mol. The average molecular weight is 350 g/mol. The molecule has 0 saturated carbocycles. The minimum Gasteiger partial charge on any atom is -0.465 e. The molecule has 0 amide bonds. The van der Waals surface area contributed by atoms with Gasteiger partial charge in [0.05, 0.1) is 24.7 Å². The second-order valence-corrected chi connectivity index (χ2v) is 5.85. The van der Waals surface area contributed by atoms with Crippen LogP contribution in [-0.4, -0.2) is 27.6 Å². The Morgan fingerprint density at radius 3 is 2.42 bits per heavy atom. The van der Waals surface area contributed by atoms with E-state index in [9.17, 15) is 9.18 Å². The molecule has 26 heavy (non-hydrogen) atoms. The number of hydrogen-bond donors (Lipinski definition) is 1. The molecule has 0 aliphatic carbocycles. The van der Waals surface area contributed by atoms with E-state index >= 15 is 0 Å². The summed E-state index contributed by atoms with van der Waals surface area (Å²) in [7, 11) is 1.29. The predicted octanol–water partition coefficient (Wildman–Crippen LogP) is 3.14. The summed E-state index contributed by atoms with van der Waals surface area (Å²) in [6.45, 7) is 0.326. The maximum atomic E-state index is 13.2. The Bertz CT molecular complexity index is 1140. The number of anilines is 1. The molecule has 2 aromatic carbocycles. The lowest BCUT2D eigenvalue weighted by molar-refractivity contribution is 0.0604. The van der Waals surface area contributed by atoms with E-state index < -0.39 is 5.97 Å². The average Bonchev–Trinajstić information content (AvgIpc) is 2.92. The number of nitrogens with zero attached hydrogens (tertiary/aromatic N) is 3. The molecule has 2 N–H and O–H groups in total. The van der Waals surface area contributed by atoms with Gasteiger partial charge < -0.3 is 15.0 Å². The maximum Gasteiger partial charge on any atom is 0.343 e. The van der Waals surface area contributed by atoms with E-state index in [-0.39, 0.29) is 17.2 Å². The zero-order valence-corrected chi connectivity index (χ0v) is 13.9. The van der Waals surface area contributed by atoms with E-state index in [1.54, 1.807) is 16.7 Å². The van der Waals surface area contributed by atoms with Crippen LogP contribution in [0.15, 0.2) is 48.5 Å². The molecule has 0 aliphatic rings. The number of carbonyl (C=O) groups excluding carboxylic acids is 1. The lowest BCUT2D eigenvalue weighted by Gasteiger charge is -2.08. The van der Waals surface area contributed by atoms with Gasteiger partial charge in [0.2, 0.25) is 0 Å². The number of rotatable bonds is 3. The molecule has 4 aromatic rings. The number of benzene rings is 2. The number of esters is 1. The number of aromatic nitrogens is 3. The third-order valence-electron chi connectivity index (χ3n) is 4.24. The Kier molecular flexibility index (Phi) is 3.76. The van der Waals surface area contributed by atoms with Gasteiger partial charge >= 0.3 is 5.97 Å². The number of halogens is 1. The summed E-state index contributed by atoms with van der Waals surface area (Å²) in [5.41, 5.74) is 9.45. The minimum atomic E-state index is -0.574. The van der Waals surface area contributed by atoms with Crippen LogP contribution in [0, 0.1) is 5.82 Å². The molecular formula is C19H15FN4O2. The number of fused-ring (bicyclic) bond motifs is 2. The summed E-state index contributed by atoms with van der Waals surface area (Å²) in [4.78, 5) is 21.4. The lowest BCUT2D eigenvalue weighted by atomic mass is 10.2. The van der Waals surface area contributed by atoms with E-state index in [2.05, 4.69) is 9.97 Å². The normalized spacial score (nSPS) is 11.2. The van der Waals surface area contributed by atoms with Gasteiger partial charge in [0.15, 0.2) is 5.65 Å². The van der Waals surface area contributed by atoms with Crippen LogP contribution in [-0.2, 0) is 11.3 Å². The Balaban J connectivity index is 1.98. The van der Waals surface area contributed by atoms with Gasteiger partial charge in [-0.05, 0) is 29.8 Å². The van der Waals surface area contributed by atoms with E-state index in [1.807, 2.05) is 24.3 Å². The van der Waals surface area contributed by atoms with Crippen LogP contribution < -0.4 is 5.73 Å². The SMILES string of the molecule is COC(=O)c1c(N)n(Cc2ccc(F)cc2)c2nc3ccccc3nc12. The van der Waals surface area contributed by atoms with Crippen molar-refractivity contribution in [3.63, 3.8) is 0 Å². The van der Waals surface area contributed by atoms with Crippen molar-refractivity contribution in [3.8, 4) is 0 Å². The highest BCUT2D eigenvalue weighted by atomic mass is 19.1. The first kappa shape index (κ1) is 16.0. The topological polar surface area (TPSA) is 83.0 Å². The van der Waals surface area contributed by atoms with Gasteiger partial charge in [-0.1, -0.05) is 24.3 Å². The molecule has 2 heterocycles. The fraction of sp³-hybridized carbons (Fsp3) is 0.105. The molecule has 0 fully saturated rings. The van der Waals surface area contributed by atoms with Crippen LogP contribution in [0.1, 0.15) is 15.9 Å². The zero-order chi connectivity index (χ0) is 18.3. The third-order valence-corrected chi connectivity index (χ3v) is 4.24. The molecule has 6 nitrogen and oxygen atoms in total. The number of para-hydroxylation sites is 2. The smallest absolute Gasteiger partial charge is 0.343 e. The third kappa shape index (κ3) is 2.54. The van der Waals surface area contributed by atoms with Gasteiger partial charge in [0, 0.05) is 0 Å². The monoisotopic (exact) mass is 350 g/mol. The van der Waals surface area contributed by atoms with Crippen molar-refractivity contribution >= 4 is 34.0 Å². The predicted molar refractivity (Wildman–Crippen MR) is 96.3 cm³/mol.